The number of methoxy groups -OCH3 is 2. The molecule has 0 spiro atoms. The van der Waals surface area contributed by atoms with E-state index in [1.807, 2.05) is 19.1 Å². The van der Waals surface area contributed by atoms with Crippen molar-refractivity contribution in [2.45, 2.75) is 6.92 Å². The average molecular weight is 323 g/mol. The van der Waals surface area contributed by atoms with Gasteiger partial charge in [-0.2, -0.15) is 5.26 Å². The molecule has 2 aromatic rings. The number of rotatable bonds is 3. The molecule has 5 nitrogen and oxygen atoms in total. The van der Waals surface area contributed by atoms with Crippen molar-refractivity contribution < 1.29 is 14.0 Å². The second kappa shape index (κ2) is 5.33. The molecule has 1 aromatic heterocycles. The molecule has 2 rings (SSSR count). The van der Waals surface area contributed by atoms with Gasteiger partial charge in [-0.25, -0.2) is 0 Å². The van der Waals surface area contributed by atoms with Crippen molar-refractivity contribution in [3.8, 4) is 28.9 Å². The summed E-state index contributed by atoms with van der Waals surface area (Å²) < 4.78 is 16.4. The molecular formula is C13H11BrN2O3. The van der Waals surface area contributed by atoms with Crippen LogP contribution in [0.5, 0.6) is 11.5 Å². The summed E-state index contributed by atoms with van der Waals surface area (Å²) in [7, 11) is 3.17. The van der Waals surface area contributed by atoms with Crippen LogP contribution in [0.1, 0.15) is 11.3 Å². The van der Waals surface area contributed by atoms with Crippen molar-refractivity contribution in [1.29, 1.82) is 5.26 Å². The molecule has 0 atom stereocenters. The summed E-state index contributed by atoms with van der Waals surface area (Å²) in [5.74, 6) is 1.80. The van der Waals surface area contributed by atoms with E-state index < -0.39 is 0 Å². The van der Waals surface area contributed by atoms with Gasteiger partial charge in [0.05, 0.1) is 19.8 Å². The summed E-state index contributed by atoms with van der Waals surface area (Å²) >= 11 is 3.31. The molecule has 0 bridgehead atoms. The van der Waals surface area contributed by atoms with E-state index in [2.05, 4.69) is 21.1 Å². The Morgan fingerprint density at radius 3 is 2.58 bits per heavy atom. The Labute approximate surface area is 118 Å². The third-order valence-corrected chi connectivity index (χ3v) is 3.50. The van der Waals surface area contributed by atoms with Crippen LogP contribution < -0.4 is 9.47 Å². The van der Waals surface area contributed by atoms with Crippen LogP contribution in [0.3, 0.4) is 0 Å². The molecule has 6 heteroatoms. The number of hydrogen-bond donors (Lipinski definition) is 0. The molecule has 0 radical (unpaired) electrons. The van der Waals surface area contributed by atoms with Crippen molar-refractivity contribution in [2.75, 3.05) is 14.2 Å². The lowest BCUT2D eigenvalue weighted by atomic mass is 10.1. The van der Waals surface area contributed by atoms with Crippen molar-refractivity contribution in [3.05, 3.63) is 27.9 Å². The van der Waals surface area contributed by atoms with Gasteiger partial charge in [0.2, 0.25) is 0 Å². The minimum atomic E-state index is 0.200. The average Bonchev–Trinajstić information content (AvgIpc) is 2.79. The molecule has 0 unspecified atom stereocenters. The van der Waals surface area contributed by atoms with Crippen molar-refractivity contribution >= 4 is 15.9 Å². The number of hydrogen-bond acceptors (Lipinski definition) is 5. The van der Waals surface area contributed by atoms with Gasteiger partial charge in [-0.3, -0.25) is 0 Å². The fraction of sp³-hybridized carbons (Fsp3) is 0.231. The molecule has 0 fully saturated rings. The molecule has 0 amide bonds. The first-order chi connectivity index (χ1) is 9.13. The maximum absolute atomic E-state index is 8.89. The molecule has 98 valence electrons. The lowest BCUT2D eigenvalue weighted by Gasteiger charge is -2.12. The Balaban J connectivity index is 2.66. The summed E-state index contributed by atoms with van der Waals surface area (Å²) in [6, 6.07) is 5.56. The molecule has 1 aromatic carbocycles. The normalized spacial score (nSPS) is 10.1. The number of halogens is 1. The number of benzene rings is 1. The highest BCUT2D eigenvalue weighted by molar-refractivity contribution is 9.10. The number of nitriles is 1. The second-order valence-electron chi connectivity index (χ2n) is 3.76. The molecule has 0 aliphatic heterocycles. The zero-order valence-electron chi connectivity index (χ0n) is 10.7. The minimum Gasteiger partial charge on any atom is -0.496 e. The Morgan fingerprint density at radius 2 is 2.05 bits per heavy atom. The predicted octanol–water partition coefficient (Wildman–Crippen LogP) is 3.30. The standard InChI is InChI=1S/C13H11BrN2O3/c1-7-10(17-2)5-4-8(12(7)18-3)13-11(14)9(6-15)16-19-13/h4-5H,1-3H3. The smallest absolute Gasteiger partial charge is 0.198 e. The fourth-order valence-electron chi connectivity index (χ4n) is 1.85. The van der Waals surface area contributed by atoms with E-state index in [0.717, 1.165) is 11.3 Å². The summed E-state index contributed by atoms with van der Waals surface area (Å²) in [5.41, 5.74) is 1.76. The van der Waals surface area contributed by atoms with Gasteiger partial charge in [-0.1, -0.05) is 5.16 Å². The maximum Gasteiger partial charge on any atom is 0.198 e. The highest BCUT2D eigenvalue weighted by atomic mass is 79.9. The van der Waals surface area contributed by atoms with E-state index in [1.165, 1.54) is 0 Å². The summed E-state index contributed by atoms with van der Waals surface area (Å²) in [4.78, 5) is 0. The van der Waals surface area contributed by atoms with Crippen LogP contribution >= 0.6 is 15.9 Å². The third kappa shape index (κ3) is 2.17. The van der Waals surface area contributed by atoms with Crippen molar-refractivity contribution in [1.82, 2.24) is 5.16 Å². The number of aromatic nitrogens is 1. The van der Waals surface area contributed by atoms with Gasteiger partial charge < -0.3 is 14.0 Å². The van der Waals surface area contributed by atoms with Gasteiger partial charge in [0.25, 0.3) is 0 Å². The monoisotopic (exact) mass is 322 g/mol. The quantitative estimate of drug-likeness (QED) is 0.867. The minimum absolute atomic E-state index is 0.200. The molecule has 1 heterocycles. The highest BCUT2D eigenvalue weighted by Crippen LogP contribution is 2.41. The Morgan fingerprint density at radius 1 is 1.32 bits per heavy atom. The van der Waals surface area contributed by atoms with Crippen molar-refractivity contribution in [3.63, 3.8) is 0 Å². The number of ether oxygens (including phenoxy) is 2. The Bertz CT molecular complexity index is 659. The molecule has 19 heavy (non-hydrogen) atoms. The fourth-order valence-corrected chi connectivity index (χ4v) is 2.30. The van der Waals surface area contributed by atoms with Crippen LogP contribution in [-0.4, -0.2) is 19.4 Å². The maximum atomic E-state index is 8.89. The zero-order chi connectivity index (χ0) is 14.0. The van der Waals surface area contributed by atoms with Gasteiger partial charge in [0.15, 0.2) is 11.5 Å². The van der Waals surface area contributed by atoms with Gasteiger partial charge in [0, 0.05) is 5.56 Å². The van der Waals surface area contributed by atoms with Crippen LogP contribution in [0, 0.1) is 18.3 Å². The summed E-state index contributed by atoms with van der Waals surface area (Å²) in [5, 5.41) is 12.6. The van der Waals surface area contributed by atoms with Gasteiger partial charge >= 0.3 is 0 Å². The van der Waals surface area contributed by atoms with Gasteiger partial charge in [0.1, 0.15) is 22.0 Å². The first kappa shape index (κ1) is 13.4. The first-order valence-electron chi connectivity index (χ1n) is 5.41. The molecule has 0 aliphatic carbocycles. The number of nitrogens with zero attached hydrogens (tertiary/aromatic N) is 2. The molecule has 0 saturated heterocycles. The topological polar surface area (TPSA) is 68.3 Å². The van der Waals surface area contributed by atoms with Crippen LogP contribution in [0.4, 0.5) is 0 Å². The van der Waals surface area contributed by atoms with Gasteiger partial charge in [-0.05, 0) is 35.0 Å². The van der Waals surface area contributed by atoms with Crippen LogP contribution in [0.15, 0.2) is 21.1 Å². The molecule has 0 aliphatic rings. The van der Waals surface area contributed by atoms with E-state index in [1.54, 1.807) is 20.3 Å². The third-order valence-electron chi connectivity index (χ3n) is 2.77. The molecule has 0 N–H and O–H groups in total. The van der Waals surface area contributed by atoms with Crippen LogP contribution in [-0.2, 0) is 0 Å². The van der Waals surface area contributed by atoms with E-state index in [-0.39, 0.29) is 5.69 Å². The summed E-state index contributed by atoms with van der Waals surface area (Å²) in [6.07, 6.45) is 0. The lowest BCUT2D eigenvalue weighted by Crippen LogP contribution is -1.95. The second-order valence-corrected chi connectivity index (χ2v) is 4.55. The Hall–Kier alpha value is -2.00. The van der Waals surface area contributed by atoms with E-state index in [4.69, 9.17) is 19.3 Å². The Kier molecular flexibility index (Phi) is 3.76. The van der Waals surface area contributed by atoms with Crippen LogP contribution in [0.2, 0.25) is 0 Å². The molecule has 0 saturated carbocycles. The highest BCUT2D eigenvalue weighted by Gasteiger charge is 2.21. The van der Waals surface area contributed by atoms with E-state index in [9.17, 15) is 0 Å². The lowest BCUT2D eigenvalue weighted by molar-refractivity contribution is 0.386. The largest absolute Gasteiger partial charge is 0.496 e. The van der Waals surface area contributed by atoms with Gasteiger partial charge in [-0.15, -0.1) is 0 Å². The SMILES string of the molecule is COc1ccc(-c2onc(C#N)c2Br)c(OC)c1C. The first-order valence-corrected chi connectivity index (χ1v) is 6.20. The zero-order valence-corrected chi connectivity index (χ0v) is 12.2. The van der Waals surface area contributed by atoms with E-state index in [0.29, 0.717) is 21.5 Å². The predicted molar refractivity (Wildman–Crippen MR) is 72.2 cm³/mol. The summed E-state index contributed by atoms with van der Waals surface area (Å²) in [6.45, 7) is 1.89. The van der Waals surface area contributed by atoms with Crippen molar-refractivity contribution in [2.24, 2.45) is 0 Å². The molecular weight excluding hydrogens is 312 g/mol. The van der Waals surface area contributed by atoms with E-state index >= 15 is 0 Å². The van der Waals surface area contributed by atoms with Crippen LogP contribution in [0.25, 0.3) is 11.3 Å².